The fraction of sp³-hybridized carbons (Fsp3) is 0.615. The van der Waals surface area contributed by atoms with E-state index in [2.05, 4.69) is 45.5 Å². The van der Waals surface area contributed by atoms with Crippen molar-refractivity contribution in [2.75, 3.05) is 33.9 Å². The summed E-state index contributed by atoms with van der Waals surface area (Å²) in [6.07, 6.45) is 13.8. The number of aliphatic hydroxyl groups is 2. The summed E-state index contributed by atoms with van der Waals surface area (Å²) in [7, 11) is 2.93. The molecular formula is C26H49N5O3. The van der Waals surface area contributed by atoms with E-state index >= 15 is 0 Å². The number of allylic oxidation sites excluding steroid dienone is 1. The maximum Gasteiger partial charge on any atom is 0.149 e. The largest absolute Gasteiger partial charge is 0.400 e. The molecule has 1 heterocycles. The number of hydrogen-bond acceptors (Lipinski definition) is 7. The number of aliphatic hydroxyl groups excluding tert-OH is 2. The summed E-state index contributed by atoms with van der Waals surface area (Å²) < 4.78 is 5.22. The summed E-state index contributed by atoms with van der Waals surface area (Å²) in [6, 6.07) is 0. The van der Waals surface area contributed by atoms with Crippen LogP contribution in [0.5, 0.6) is 0 Å². The summed E-state index contributed by atoms with van der Waals surface area (Å²) in [4.78, 5) is 8.42. The second-order valence-electron chi connectivity index (χ2n) is 7.16. The molecule has 0 saturated heterocycles. The van der Waals surface area contributed by atoms with Crippen LogP contribution >= 0.6 is 0 Å². The number of hydrogen-bond donors (Lipinski definition) is 5. The minimum absolute atomic E-state index is 0.352. The Labute approximate surface area is 207 Å². The lowest BCUT2D eigenvalue weighted by Crippen LogP contribution is -2.23. The third kappa shape index (κ3) is 18.2. The van der Waals surface area contributed by atoms with E-state index in [0.29, 0.717) is 25.0 Å². The standard InChI is InChI=1S/C17H24N4O.C6H15NO.C2H6.CH4O/c1-3-15(12-18-4-2)20-11-13-5-8-16(19-10-9-13)21-17(22)14-6-7-14;1-4-8-6(2)5-7-3;2*1-2/h3-5,9-10,12,14,17,20,22H,1,6-8,11H2,2H3,(H,19,21);6-7H,4-5H2,1-3H3;1-2H3;2H,1H3/b15-12+,18-4?;;;. The molecular weight excluding hydrogens is 430 g/mol. The molecule has 0 amide bonds. The van der Waals surface area contributed by atoms with Gasteiger partial charge in [0.25, 0.3) is 0 Å². The van der Waals surface area contributed by atoms with E-state index in [0.717, 1.165) is 50.2 Å². The maximum absolute atomic E-state index is 9.87. The van der Waals surface area contributed by atoms with Crippen molar-refractivity contribution in [2.45, 2.75) is 66.2 Å². The van der Waals surface area contributed by atoms with Crippen molar-refractivity contribution >= 4 is 12.1 Å². The highest BCUT2D eigenvalue weighted by Crippen LogP contribution is 2.33. The molecule has 0 radical (unpaired) electrons. The van der Waals surface area contributed by atoms with Gasteiger partial charge in [0.05, 0.1) is 11.8 Å². The second-order valence-corrected chi connectivity index (χ2v) is 7.16. The van der Waals surface area contributed by atoms with Crippen LogP contribution in [0.25, 0.3) is 0 Å². The maximum atomic E-state index is 9.87. The van der Waals surface area contributed by atoms with Gasteiger partial charge in [0.1, 0.15) is 12.1 Å². The molecule has 34 heavy (non-hydrogen) atoms. The molecule has 2 unspecified atom stereocenters. The molecule has 0 aromatic heterocycles. The second kappa shape index (κ2) is 23.9. The molecule has 2 aliphatic rings. The molecule has 1 aliphatic carbocycles. The highest BCUT2D eigenvalue weighted by molar-refractivity contribution is 5.85. The number of rotatable bonds is 11. The van der Waals surface area contributed by atoms with Crippen molar-refractivity contribution in [2.24, 2.45) is 15.9 Å². The smallest absolute Gasteiger partial charge is 0.149 e. The predicted molar refractivity (Wildman–Crippen MR) is 146 cm³/mol. The van der Waals surface area contributed by atoms with Gasteiger partial charge in [0.15, 0.2) is 0 Å². The molecule has 8 nitrogen and oxygen atoms in total. The van der Waals surface area contributed by atoms with Gasteiger partial charge in [0, 0.05) is 57.8 Å². The van der Waals surface area contributed by atoms with E-state index in [9.17, 15) is 5.11 Å². The van der Waals surface area contributed by atoms with Crippen LogP contribution in [0, 0.1) is 5.92 Å². The normalized spacial score (nSPS) is 18.0. The van der Waals surface area contributed by atoms with Crippen molar-refractivity contribution in [3.05, 3.63) is 48.5 Å². The summed E-state index contributed by atoms with van der Waals surface area (Å²) in [5.41, 5.74) is 2.02. The van der Waals surface area contributed by atoms with Gasteiger partial charge in [-0.25, -0.2) is 4.99 Å². The van der Waals surface area contributed by atoms with Crippen molar-refractivity contribution in [3.63, 3.8) is 0 Å². The fourth-order valence-corrected chi connectivity index (χ4v) is 2.64. The minimum atomic E-state index is -0.564. The first-order valence-corrected chi connectivity index (χ1v) is 12.2. The van der Waals surface area contributed by atoms with E-state index in [1.54, 1.807) is 18.5 Å². The lowest BCUT2D eigenvalue weighted by Gasteiger charge is -2.08. The van der Waals surface area contributed by atoms with E-state index in [-0.39, 0.29) is 0 Å². The molecule has 0 aromatic carbocycles. The van der Waals surface area contributed by atoms with Crippen LogP contribution in [-0.4, -0.2) is 68.4 Å². The Bertz CT molecular complexity index is 647. The zero-order chi connectivity index (χ0) is 26.2. The summed E-state index contributed by atoms with van der Waals surface area (Å²) >= 11 is 0. The van der Waals surface area contributed by atoms with Gasteiger partial charge in [0.2, 0.25) is 0 Å². The highest BCUT2D eigenvalue weighted by atomic mass is 16.5. The van der Waals surface area contributed by atoms with Crippen molar-refractivity contribution in [1.82, 2.24) is 16.0 Å². The van der Waals surface area contributed by atoms with Gasteiger partial charge in [-0.15, -0.1) is 0 Å². The van der Waals surface area contributed by atoms with Gasteiger partial charge >= 0.3 is 0 Å². The van der Waals surface area contributed by atoms with E-state index in [4.69, 9.17) is 9.84 Å². The molecule has 1 fully saturated rings. The molecule has 1 aliphatic heterocycles. The van der Waals surface area contributed by atoms with E-state index < -0.39 is 6.23 Å². The van der Waals surface area contributed by atoms with Crippen LogP contribution < -0.4 is 16.0 Å². The van der Waals surface area contributed by atoms with Gasteiger partial charge in [-0.05, 0) is 58.4 Å². The summed E-state index contributed by atoms with van der Waals surface area (Å²) in [5.74, 6) is 1.16. The first-order valence-electron chi connectivity index (χ1n) is 12.2. The van der Waals surface area contributed by atoms with Gasteiger partial charge in [-0.2, -0.15) is 0 Å². The number of nitrogens with one attached hydrogen (secondary N) is 3. The van der Waals surface area contributed by atoms with Crippen LogP contribution in [0.15, 0.2) is 58.5 Å². The monoisotopic (exact) mass is 479 g/mol. The molecule has 2 rings (SSSR count). The van der Waals surface area contributed by atoms with Crippen molar-refractivity contribution in [3.8, 4) is 0 Å². The number of nitrogens with zero attached hydrogens (tertiary/aromatic N) is 2. The molecule has 0 aromatic rings. The summed E-state index contributed by atoms with van der Waals surface area (Å²) in [6.45, 7) is 16.1. The van der Waals surface area contributed by atoms with Crippen LogP contribution in [0.1, 0.15) is 53.9 Å². The van der Waals surface area contributed by atoms with Crippen LogP contribution in [0.2, 0.25) is 0 Å². The average Bonchev–Trinajstić information content (AvgIpc) is 3.71. The Hall–Kier alpha value is -2.26. The lowest BCUT2D eigenvalue weighted by atomic mass is 10.2. The SMILES string of the molecule is C=C/C(=C\N=CC)NCC1=CC/C(=N\C(O)C2CC2)NC=C1.CC.CCOC(C)CNC.CO. The van der Waals surface area contributed by atoms with Crippen LogP contribution in [0.4, 0.5) is 0 Å². The van der Waals surface area contributed by atoms with Gasteiger partial charge in [-0.1, -0.05) is 26.5 Å². The Morgan fingerprint density at radius 2 is 2.03 bits per heavy atom. The number of amidine groups is 1. The molecule has 5 N–H and O–H groups in total. The number of likely N-dealkylation sites (N-methyl/N-ethyl adjacent to an activating group) is 1. The molecule has 2 atom stereocenters. The van der Waals surface area contributed by atoms with E-state index in [1.807, 2.05) is 47.0 Å². The van der Waals surface area contributed by atoms with Crippen molar-refractivity contribution in [1.29, 1.82) is 0 Å². The Morgan fingerprint density at radius 3 is 2.56 bits per heavy atom. The molecule has 1 saturated carbocycles. The zero-order valence-corrected chi connectivity index (χ0v) is 22.3. The Morgan fingerprint density at radius 1 is 1.35 bits per heavy atom. The molecule has 0 spiro atoms. The van der Waals surface area contributed by atoms with Gasteiger partial charge < -0.3 is 30.9 Å². The molecule has 196 valence electrons. The quantitative estimate of drug-likeness (QED) is 0.229. The van der Waals surface area contributed by atoms with Crippen LogP contribution in [0.3, 0.4) is 0 Å². The van der Waals surface area contributed by atoms with Crippen molar-refractivity contribution < 1.29 is 14.9 Å². The third-order valence-corrected chi connectivity index (χ3v) is 4.46. The zero-order valence-electron chi connectivity index (χ0n) is 22.3. The van der Waals surface area contributed by atoms with Crippen LogP contribution in [-0.2, 0) is 4.74 Å². The predicted octanol–water partition coefficient (Wildman–Crippen LogP) is 3.52. The topological polar surface area (TPSA) is 111 Å². The Kier molecular flexibility index (Phi) is 23.8. The summed E-state index contributed by atoms with van der Waals surface area (Å²) in [5, 5.41) is 26.3. The lowest BCUT2D eigenvalue weighted by molar-refractivity contribution is 0.0776. The van der Waals surface area contributed by atoms with E-state index in [1.165, 1.54) is 0 Å². The average molecular weight is 480 g/mol. The number of aliphatic imine (C=N–C) groups is 2. The molecule has 8 heteroatoms. The minimum Gasteiger partial charge on any atom is -0.400 e. The highest BCUT2D eigenvalue weighted by Gasteiger charge is 2.29. The first-order chi connectivity index (χ1) is 16.5. The Balaban J connectivity index is 0. The fourth-order valence-electron chi connectivity index (χ4n) is 2.64. The third-order valence-electron chi connectivity index (χ3n) is 4.46. The molecule has 0 bridgehead atoms. The first kappa shape index (κ1) is 33.9. The van der Waals surface area contributed by atoms with Gasteiger partial charge in [-0.3, -0.25) is 4.99 Å². The number of ether oxygens (including phenoxy) is 1.